The Kier molecular flexibility index (Phi) is 5.35. The van der Waals surface area contributed by atoms with Crippen molar-refractivity contribution in [1.29, 1.82) is 0 Å². The maximum absolute atomic E-state index is 12.3. The number of nitrogens with one attached hydrogen (secondary N) is 1. The molecule has 0 aromatic carbocycles. The Labute approximate surface area is 119 Å². The molecule has 0 fully saturated rings. The second-order valence-electron chi connectivity index (χ2n) is 5.03. The fourth-order valence-corrected chi connectivity index (χ4v) is 3.54. The standard InChI is InChI=1S/C13H22N2O4S/c1-5-11(9(3)4)14-20(18,19)10-7-12(13(16)17)15(6-2)8-10/h7-9,11,14H,5-6H2,1-4H3,(H,16,17). The Bertz CT molecular complexity index is 575. The molecule has 1 aromatic rings. The number of hydrogen-bond acceptors (Lipinski definition) is 3. The van der Waals surface area contributed by atoms with Crippen molar-refractivity contribution in [3.8, 4) is 0 Å². The van der Waals surface area contributed by atoms with Crippen LogP contribution >= 0.6 is 0 Å². The van der Waals surface area contributed by atoms with Crippen molar-refractivity contribution in [2.24, 2.45) is 5.92 Å². The average molecular weight is 302 g/mol. The topological polar surface area (TPSA) is 88.4 Å². The highest BCUT2D eigenvalue weighted by molar-refractivity contribution is 7.89. The molecule has 0 saturated carbocycles. The molecule has 7 heteroatoms. The van der Waals surface area contributed by atoms with Crippen molar-refractivity contribution in [3.05, 3.63) is 18.0 Å². The molecule has 6 nitrogen and oxygen atoms in total. The zero-order valence-electron chi connectivity index (χ0n) is 12.3. The lowest BCUT2D eigenvalue weighted by Gasteiger charge is -2.20. The van der Waals surface area contributed by atoms with Gasteiger partial charge in [0, 0.05) is 18.8 Å². The summed E-state index contributed by atoms with van der Waals surface area (Å²) in [5.74, 6) is -0.966. The van der Waals surface area contributed by atoms with E-state index < -0.39 is 16.0 Å². The normalized spacial score (nSPS) is 13.7. The quantitative estimate of drug-likeness (QED) is 0.805. The SMILES string of the molecule is CCC(NS(=O)(=O)c1cc(C(=O)O)n(CC)c1)C(C)C. The molecule has 0 aliphatic carbocycles. The number of aromatic nitrogens is 1. The van der Waals surface area contributed by atoms with Gasteiger partial charge in [-0.15, -0.1) is 0 Å². The summed E-state index contributed by atoms with van der Waals surface area (Å²) in [5.41, 5.74) is -0.0227. The van der Waals surface area contributed by atoms with E-state index in [0.717, 1.165) is 0 Å². The summed E-state index contributed by atoms with van der Waals surface area (Å²) in [6.07, 6.45) is 2.04. The molecule has 114 valence electrons. The number of aryl methyl sites for hydroxylation is 1. The van der Waals surface area contributed by atoms with Gasteiger partial charge in [0.05, 0.1) is 0 Å². The zero-order valence-corrected chi connectivity index (χ0v) is 13.1. The van der Waals surface area contributed by atoms with Gasteiger partial charge < -0.3 is 9.67 Å². The average Bonchev–Trinajstić information content (AvgIpc) is 2.80. The molecular weight excluding hydrogens is 280 g/mol. The molecule has 20 heavy (non-hydrogen) atoms. The van der Waals surface area contributed by atoms with Crippen LogP contribution < -0.4 is 4.72 Å². The molecule has 0 bridgehead atoms. The summed E-state index contributed by atoms with van der Waals surface area (Å²) in [4.78, 5) is 11.1. The number of hydrogen-bond donors (Lipinski definition) is 2. The van der Waals surface area contributed by atoms with Crippen LogP contribution in [0.3, 0.4) is 0 Å². The Morgan fingerprint density at radius 1 is 1.40 bits per heavy atom. The van der Waals surface area contributed by atoms with E-state index in [-0.39, 0.29) is 22.5 Å². The molecule has 2 N–H and O–H groups in total. The van der Waals surface area contributed by atoms with Gasteiger partial charge in [0.2, 0.25) is 10.0 Å². The molecule has 1 atom stereocenters. The number of sulfonamides is 1. The molecule has 0 saturated heterocycles. The summed E-state index contributed by atoms with van der Waals surface area (Å²) in [7, 11) is -3.70. The molecule has 0 aliphatic rings. The predicted octanol–water partition coefficient (Wildman–Crippen LogP) is 1.92. The fourth-order valence-electron chi connectivity index (χ4n) is 2.03. The third-order valence-electron chi connectivity index (χ3n) is 3.29. The van der Waals surface area contributed by atoms with Crippen LogP contribution in [0.4, 0.5) is 0 Å². The summed E-state index contributed by atoms with van der Waals surface area (Å²) in [5, 5.41) is 9.06. The van der Waals surface area contributed by atoms with Crippen LogP contribution in [0.1, 0.15) is 44.6 Å². The Hall–Kier alpha value is -1.34. The Morgan fingerprint density at radius 2 is 2.00 bits per heavy atom. The monoisotopic (exact) mass is 302 g/mol. The van der Waals surface area contributed by atoms with Crippen molar-refractivity contribution in [2.75, 3.05) is 0 Å². The van der Waals surface area contributed by atoms with Crippen molar-refractivity contribution in [1.82, 2.24) is 9.29 Å². The zero-order chi connectivity index (χ0) is 15.5. The Balaban J connectivity index is 3.13. The van der Waals surface area contributed by atoms with Crippen LogP contribution in [-0.4, -0.2) is 30.1 Å². The highest BCUT2D eigenvalue weighted by Crippen LogP contribution is 2.17. The number of carbonyl (C=O) groups is 1. The number of carboxylic acids is 1. The van der Waals surface area contributed by atoms with Gasteiger partial charge in [-0.3, -0.25) is 0 Å². The molecule has 0 spiro atoms. The highest BCUT2D eigenvalue weighted by Gasteiger charge is 2.24. The van der Waals surface area contributed by atoms with Gasteiger partial charge in [0.1, 0.15) is 10.6 Å². The van der Waals surface area contributed by atoms with Crippen LogP contribution in [0, 0.1) is 5.92 Å². The first kappa shape index (κ1) is 16.7. The van der Waals surface area contributed by atoms with E-state index in [4.69, 9.17) is 5.11 Å². The van der Waals surface area contributed by atoms with Crippen molar-refractivity contribution < 1.29 is 18.3 Å². The second-order valence-corrected chi connectivity index (χ2v) is 6.75. The fraction of sp³-hybridized carbons (Fsp3) is 0.615. The second kappa shape index (κ2) is 6.41. The molecule has 0 radical (unpaired) electrons. The van der Waals surface area contributed by atoms with Crippen molar-refractivity contribution in [2.45, 2.75) is 51.6 Å². The third-order valence-corrected chi connectivity index (χ3v) is 4.75. The predicted molar refractivity (Wildman–Crippen MR) is 76.3 cm³/mol. The van der Waals surface area contributed by atoms with Gasteiger partial charge in [-0.05, 0) is 25.3 Å². The maximum Gasteiger partial charge on any atom is 0.352 e. The van der Waals surface area contributed by atoms with Gasteiger partial charge in [-0.25, -0.2) is 17.9 Å². The van der Waals surface area contributed by atoms with Crippen LogP contribution in [-0.2, 0) is 16.6 Å². The molecule has 0 amide bonds. The summed E-state index contributed by atoms with van der Waals surface area (Å²) in [6.45, 7) is 7.96. The van der Waals surface area contributed by atoms with E-state index in [2.05, 4.69) is 4.72 Å². The van der Waals surface area contributed by atoms with Crippen molar-refractivity contribution >= 4 is 16.0 Å². The first-order valence-electron chi connectivity index (χ1n) is 6.68. The molecule has 1 heterocycles. The first-order chi connectivity index (χ1) is 9.22. The first-order valence-corrected chi connectivity index (χ1v) is 8.17. The van der Waals surface area contributed by atoms with Crippen LogP contribution in [0.5, 0.6) is 0 Å². The van der Waals surface area contributed by atoms with Crippen LogP contribution in [0.15, 0.2) is 17.2 Å². The van der Waals surface area contributed by atoms with Crippen molar-refractivity contribution in [3.63, 3.8) is 0 Å². The van der Waals surface area contributed by atoms with E-state index >= 15 is 0 Å². The summed E-state index contributed by atoms with van der Waals surface area (Å²) < 4.78 is 28.6. The Morgan fingerprint density at radius 3 is 2.35 bits per heavy atom. The van der Waals surface area contributed by atoms with E-state index in [9.17, 15) is 13.2 Å². The van der Waals surface area contributed by atoms with Crippen LogP contribution in [0.25, 0.3) is 0 Å². The van der Waals surface area contributed by atoms with Gasteiger partial charge in [0.25, 0.3) is 0 Å². The number of rotatable bonds is 7. The van der Waals surface area contributed by atoms with Crippen LogP contribution in [0.2, 0.25) is 0 Å². The number of nitrogens with zero attached hydrogens (tertiary/aromatic N) is 1. The van der Waals surface area contributed by atoms with E-state index in [1.54, 1.807) is 6.92 Å². The lowest BCUT2D eigenvalue weighted by Crippen LogP contribution is -2.37. The lowest BCUT2D eigenvalue weighted by molar-refractivity contribution is 0.0685. The van der Waals surface area contributed by atoms with E-state index in [1.807, 2.05) is 20.8 Å². The third kappa shape index (κ3) is 3.61. The number of carboxylic acid groups (broad SMARTS) is 1. The van der Waals surface area contributed by atoms with Gasteiger partial charge in [-0.1, -0.05) is 20.8 Å². The highest BCUT2D eigenvalue weighted by atomic mass is 32.2. The largest absolute Gasteiger partial charge is 0.477 e. The van der Waals surface area contributed by atoms with E-state index in [1.165, 1.54) is 16.8 Å². The molecule has 1 aromatic heterocycles. The molecule has 0 aliphatic heterocycles. The van der Waals surface area contributed by atoms with E-state index in [0.29, 0.717) is 13.0 Å². The smallest absolute Gasteiger partial charge is 0.352 e. The van der Waals surface area contributed by atoms with Gasteiger partial charge in [0.15, 0.2) is 0 Å². The minimum Gasteiger partial charge on any atom is -0.477 e. The van der Waals surface area contributed by atoms with Gasteiger partial charge >= 0.3 is 5.97 Å². The number of aromatic carboxylic acids is 1. The molecular formula is C13H22N2O4S. The minimum absolute atomic E-state index is 0.00384. The minimum atomic E-state index is -3.70. The summed E-state index contributed by atoms with van der Waals surface area (Å²) >= 11 is 0. The summed E-state index contributed by atoms with van der Waals surface area (Å²) in [6, 6.07) is 1.03. The molecule has 1 unspecified atom stereocenters. The lowest BCUT2D eigenvalue weighted by atomic mass is 10.0. The molecule has 1 rings (SSSR count). The maximum atomic E-state index is 12.3. The van der Waals surface area contributed by atoms with Gasteiger partial charge in [-0.2, -0.15) is 0 Å².